The summed E-state index contributed by atoms with van der Waals surface area (Å²) in [5, 5.41) is 23.1. The van der Waals surface area contributed by atoms with Crippen molar-refractivity contribution < 1.29 is 24.6 Å². The molecule has 250 valence electrons. The van der Waals surface area contributed by atoms with Crippen molar-refractivity contribution in [2.24, 2.45) is 46.3 Å². The van der Waals surface area contributed by atoms with Crippen LogP contribution in [0.25, 0.3) is 0 Å². The number of nitrogens with one attached hydrogen (secondary N) is 1. The molecular weight excluding hydrogens is 576 g/mol. The number of nitrogens with zero attached hydrogens (tertiary/aromatic N) is 1. The Bertz CT molecular complexity index is 1350. The molecule has 2 amide bonds. The molecule has 5 aliphatic rings. The van der Waals surface area contributed by atoms with Crippen molar-refractivity contribution in [3.8, 4) is 11.8 Å². The van der Waals surface area contributed by atoms with Crippen LogP contribution >= 0.6 is 0 Å². The molecule has 3 N–H and O–H groups in total. The van der Waals surface area contributed by atoms with Crippen LogP contribution in [0, 0.1) is 58.2 Å². The van der Waals surface area contributed by atoms with E-state index in [0.717, 1.165) is 35.7 Å². The Morgan fingerprint density at radius 1 is 0.978 bits per heavy atom. The fourth-order valence-electron chi connectivity index (χ4n) is 11.3. The van der Waals surface area contributed by atoms with Crippen LogP contribution in [-0.2, 0) is 20.8 Å². The first-order valence-corrected chi connectivity index (χ1v) is 18.1. The Labute approximate surface area is 275 Å². The molecular formula is C39H54N2O5. The maximum Gasteiger partial charge on any atom is 0.326 e. The molecule has 7 nitrogen and oxygen atoms in total. The first kappa shape index (κ1) is 33.1. The van der Waals surface area contributed by atoms with Crippen LogP contribution in [0.4, 0.5) is 0 Å². The molecule has 1 saturated heterocycles. The number of benzene rings is 1. The van der Waals surface area contributed by atoms with Crippen LogP contribution in [0.5, 0.6) is 0 Å². The van der Waals surface area contributed by atoms with Gasteiger partial charge in [0.1, 0.15) is 12.1 Å². The molecule has 11 atom stereocenters. The van der Waals surface area contributed by atoms with Gasteiger partial charge in [0, 0.05) is 24.9 Å². The van der Waals surface area contributed by atoms with E-state index < -0.39 is 36.0 Å². The number of carbonyl (C=O) groups excluding carboxylic acids is 2. The summed E-state index contributed by atoms with van der Waals surface area (Å²) >= 11 is 0. The highest BCUT2D eigenvalue weighted by atomic mass is 16.4. The summed E-state index contributed by atoms with van der Waals surface area (Å²) in [6, 6.07) is 8.04. The molecule has 7 heteroatoms. The standard InChI is InChI=1S/C39H54N2O5/c1-25(30-16-17-31-29-15-14-27-11-7-8-21-38(27,2)32(29)20-22-39(30,31)3)12-19-35(43)41-24-28(23-33(41)37(45)46)40-36(44)34(42)18-13-26-9-5-4-6-10-26/h4-6,9-10,25,27-34,42H,7-8,11,13-18,20-24H2,1-3H3,(H,40,44)(H,45,46)/t25-,27?,28-,29+,30-,31+,32+,33+,34-,38+,39-/m1/s1. The fourth-order valence-corrected chi connectivity index (χ4v) is 11.3. The molecule has 1 aromatic carbocycles. The number of aryl methyl sites for hydroxylation is 1. The Morgan fingerprint density at radius 3 is 2.50 bits per heavy atom. The molecule has 0 bridgehead atoms. The maximum absolute atomic E-state index is 13.4. The van der Waals surface area contributed by atoms with Crippen LogP contribution < -0.4 is 5.32 Å². The van der Waals surface area contributed by atoms with Crippen LogP contribution in [0.15, 0.2) is 30.3 Å². The van der Waals surface area contributed by atoms with Crippen molar-refractivity contribution in [3.63, 3.8) is 0 Å². The number of amides is 2. The third-order valence-corrected chi connectivity index (χ3v) is 13.7. The average molecular weight is 631 g/mol. The van der Waals surface area contributed by atoms with Crippen molar-refractivity contribution >= 4 is 17.8 Å². The lowest BCUT2D eigenvalue weighted by molar-refractivity contribution is -0.146. The minimum Gasteiger partial charge on any atom is -0.480 e. The summed E-state index contributed by atoms with van der Waals surface area (Å²) in [4.78, 5) is 39.5. The summed E-state index contributed by atoms with van der Waals surface area (Å²) in [6.07, 6.45) is 13.1. The lowest BCUT2D eigenvalue weighted by atomic mass is 9.44. The van der Waals surface area contributed by atoms with Gasteiger partial charge >= 0.3 is 5.97 Å². The van der Waals surface area contributed by atoms with Gasteiger partial charge in [0.25, 0.3) is 5.91 Å². The number of hydrogen-bond donors (Lipinski definition) is 3. The zero-order chi connectivity index (χ0) is 32.6. The van der Waals surface area contributed by atoms with Gasteiger partial charge in [-0.15, -0.1) is 0 Å². The molecule has 1 aliphatic heterocycles. The molecule has 4 aliphatic carbocycles. The summed E-state index contributed by atoms with van der Waals surface area (Å²) in [7, 11) is 0. The molecule has 1 unspecified atom stereocenters. The largest absolute Gasteiger partial charge is 0.480 e. The number of hydrogen-bond acceptors (Lipinski definition) is 4. The molecule has 0 aromatic heterocycles. The van der Waals surface area contributed by atoms with Gasteiger partial charge in [0.15, 0.2) is 0 Å². The third-order valence-electron chi connectivity index (χ3n) is 13.7. The van der Waals surface area contributed by atoms with E-state index in [1.165, 1.54) is 62.7 Å². The normalized spacial score (nSPS) is 37.9. The number of carboxylic acids is 1. The zero-order valence-corrected chi connectivity index (χ0v) is 28.0. The fraction of sp³-hybridized carbons (Fsp3) is 0.718. The lowest BCUT2D eigenvalue weighted by Gasteiger charge is -2.60. The zero-order valence-electron chi connectivity index (χ0n) is 28.0. The topological polar surface area (TPSA) is 107 Å². The van der Waals surface area contributed by atoms with E-state index in [9.17, 15) is 24.6 Å². The molecule has 0 radical (unpaired) electrons. The van der Waals surface area contributed by atoms with Gasteiger partial charge < -0.3 is 20.4 Å². The molecule has 5 fully saturated rings. The van der Waals surface area contributed by atoms with Gasteiger partial charge in [0.2, 0.25) is 5.91 Å². The van der Waals surface area contributed by atoms with Gasteiger partial charge in [-0.3, -0.25) is 9.59 Å². The first-order valence-electron chi connectivity index (χ1n) is 18.1. The van der Waals surface area contributed by atoms with Gasteiger partial charge in [-0.05, 0) is 116 Å². The summed E-state index contributed by atoms with van der Waals surface area (Å²) < 4.78 is 0. The van der Waals surface area contributed by atoms with Crippen LogP contribution in [-0.4, -0.2) is 57.6 Å². The van der Waals surface area contributed by atoms with Crippen LogP contribution in [0.2, 0.25) is 0 Å². The molecule has 6 rings (SSSR count). The van der Waals surface area contributed by atoms with Crippen molar-refractivity contribution in [2.75, 3.05) is 6.54 Å². The summed E-state index contributed by atoms with van der Waals surface area (Å²) in [6.45, 7) is 7.35. The minimum absolute atomic E-state index is 0.0539. The maximum atomic E-state index is 13.4. The second-order valence-corrected chi connectivity index (χ2v) is 16.0. The van der Waals surface area contributed by atoms with E-state index in [-0.39, 0.29) is 30.7 Å². The predicted octanol–water partition coefficient (Wildman–Crippen LogP) is 5.84. The number of carbonyl (C=O) groups is 3. The third kappa shape index (κ3) is 6.23. The van der Waals surface area contributed by atoms with Gasteiger partial charge in [-0.2, -0.15) is 0 Å². The molecule has 4 saturated carbocycles. The number of aliphatic hydroxyl groups excluding tert-OH is 1. The van der Waals surface area contributed by atoms with Crippen molar-refractivity contribution in [1.82, 2.24) is 10.2 Å². The Balaban J connectivity index is 1.06. The van der Waals surface area contributed by atoms with E-state index >= 15 is 0 Å². The molecule has 1 heterocycles. The number of aliphatic hydroxyl groups is 1. The van der Waals surface area contributed by atoms with E-state index in [0.29, 0.717) is 17.8 Å². The number of fused-ring (bicyclic) bond motifs is 5. The van der Waals surface area contributed by atoms with Crippen molar-refractivity contribution in [1.29, 1.82) is 0 Å². The van der Waals surface area contributed by atoms with Gasteiger partial charge in [0.05, 0.1) is 0 Å². The number of carboxylic acid groups (broad SMARTS) is 1. The highest BCUT2D eigenvalue weighted by Crippen LogP contribution is 2.68. The van der Waals surface area contributed by atoms with Crippen LogP contribution in [0.3, 0.4) is 0 Å². The Hall–Kier alpha value is -2.85. The number of likely N-dealkylation sites (tertiary alicyclic amines) is 1. The van der Waals surface area contributed by atoms with Crippen molar-refractivity contribution in [3.05, 3.63) is 35.9 Å². The average Bonchev–Trinajstić information content (AvgIpc) is 3.63. The molecule has 46 heavy (non-hydrogen) atoms. The van der Waals surface area contributed by atoms with E-state index in [1.54, 1.807) is 0 Å². The monoisotopic (exact) mass is 630 g/mol. The minimum atomic E-state index is -1.21. The van der Waals surface area contributed by atoms with Crippen molar-refractivity contribution in [2.45, 2.75) is 122 Å². The SMILES string of the molecule is C[C@H](C#CC(=O)N1C[C@H](NC(=O)[C@H](O)CCc2ccccc2)C[C@H]1C(=O)O)[C@H]1CC[C@H]2[C@@H]3CCC4CCCC[C@]4(C)[C@H]3CC[C@]12C. The second kappa shape index (κ2) is 13.3. The highest BCUT2D eigenvalue weighted by molar-refractivity contribution is 5.96. The summed E-state index contributed by atoms with van der Waals surface area (Å²) in [5.74, 6) is 7.81. The first-order chi connectivity index (χ1) is 22.0. The van der Waals surface area contributed by atoms with E-state index in [1.807, 2.05) is 30.3 Å². The van der Waals surface area contributed by atoms with Gasteiger partial charge in [-0.1, -0.05) is 69.9 Å². The summed E-state index contributed by atoms with van der Waals surface area (Å²) in [5.41, 5.74) is 1.79. The van der Waals surface area contributed by atoms with Crippen LogP contribution in [0.1, 0.15) is 103 Å². The molecule has 0 spiro atoms. The van der Waals surface area contributed by atoms with E-state index in [4.69, 9.17) is 0 Å². The van der Waals surface area contributed by atoms with E-state index in [2.05, 4.69) is 37.9 Å². The number of rotatable bonds is 7. The quantitative estimate of drug-likeness (QED) is 0.329. The predicted molar refractivity (Wildman–Crippen MR) is 177 cm³/mol. The second-order valence-electron chi connectivity index (χ2n) is 16.0. The smallest absolute Gasteiger partial charge is 0.326 e. The molecule has 1 aromatic rings. The lowest BCUT2D eigenvalue weighted by Crippen LogP contribution is -2.53. The highest BCUT2D eigenvalue weighted by Gasteiger charge is 2.60. The number of aliphatic carboxylic acids is 1. The Morgan fingerprint density at radius 2 is 1.74 bits per heavy atom. The van der Waals surface area contributed by atoms with Gasteiger partial charge in [-0.25, -0.2) is 4.79 Å². The Kier molecular flexibility index (Phi) is 9.59.